The molecule has 0 bridgehead atoms. The largest absolute Gasteiger partial charge is 0.478 e. The van der Waals surface area contributed by atoms with Crippen molar-refractivity contribution in [3.8, 4) is 0 Å². The molecule has 3 aromatic rings. The summed E-state index contributed by atoms with van der Waals surface area (Å²) < 4.78 is 13.5. The molecule has 0 spiro atoms. The molecule has 2 aromatic heterocycles. The fraction of sp³-hybridized carbons (Fsp3) is 0.143. The van der Waals surface area contributed by atoms with Gasteiger partial charge in [0.05, 0.1) is 16.9 Å². The maximum absolute atomic E-state index is 13.5. The third kappa shape index (κ3) is 3.64. The van der Waals surface area contributed by atoms with Gasteiger partial charge in [0.1, 0.15) is 18.0 Å². The quantitative estimate of drug-likeness (QED) is 0.471. The Bertz CT molecular complexity index is 1150. The number of nitrogens with two attached hydrogens (primary N) is 2. The molecule has 0 radical (unpaired) electrons. The van der Waals surface area contributed by atoms with Gasteiger partial charge in [-0.1, -0.05) is 12.1 Å². The number of aromatic nitrogens is 2. The highest BCUT2D eigenvalue weighted by molar-refractivity contribution is 6.01. The lowest BCUT2D eigenvalue weighted by Crippen LogP contribution is -2.40. The van der Waals surface area contributed by atoms with E-state index in [1.807, 2.05) is 0 Å². The molecule has 158 valence electrons. The summed E-state index contributed by atoms with van der Waals surface area (Å²) in [6, 6.07) is 9.18. The van der Waals surface area contributed by atoms with Crippen LogP contribution in [0.1, 0.15) is 39.4 Å². The summed E-state index contributed by atoms with van der Waals surface area (Å²) in [5, 5.41) is 12.9. The van der Waals surface area contributed by atoms with E-state index >= 15 is 0 Å². The van der Waals surface area contributed by atoms with Crippen LogP contribution in [0, 0.1) is 5.82 Å². The average Bonchev–Trinajstić information content (AvgIpc) is 3.13. The molecule has 0 fully saturated rings. The van der Waals surface area contributed by atoms with Crippen molar-refractivity contribution in [3.63, 3.8) is 0 Å². The molecule has 1 aliphatic heterocycles. The Hall–Kier alpha value is -4.05. The number of primary amides is 1. The number of aromatic carboxylic acids is 1. The molecule has 6 N–H and O–H groups in total. The van der Waals surface area contributed by atoms with Crippen molar-refractivity contribution >= 4 is 23.4 Å². The fourth-order valence-corrected chi connectivity index (χ4v) is 3.73. The Labute approximate surface area is 176 Å². The number of amides is 1. The van der Waals surface area contributed by atoms with Crippen LogP contribution in [-0.4, -0.2) is 27.0 Å². The van der Waals surface area contributed by atoms with Crippen LogP contribution in [0.3, 0.4) is 0 Å². The Kier molecular flexibility index (Phi) is 5.22. The number of halogens is 1. The van der Waals surface area contributed by atoms with E-state index in [9.17, 15) is 19.1 Å². The lowest BCUT2D eigenvalue weighted by atomic mass is 10.0. The van der Waals surface area contributed by atoms with Gasteiger partial charge in [0.2, 0.25) is 5.91 Å². The molecule has 4 rings (SSSR count). The van der Waals surface area contributed by atoms with Crippen LogP contribution in [0.2, 0.25) is 0 Å². The summed E-state index contributed by atoms with van der Waals surface area (Å²) >= 11 is 0. The molecule has 1 aliphatic rings. The molecule has 0 aliphatic carbocycles. The monoisotopic (exact) mass is 422 g/mol. The van der Waals surface area contributed by atoms with Crippen molar-refractivity contribution in [2.45, 2.75) is 18.8 Å². The third-order valence-electron chi connectivity index (χ3n) is 5.06. The number of pyridine rings is 2. The Morgan fingerprint density at radius 2 is 1.87 bits per heavy atom. The minimum atomic E-state index is -1.19. The molecule has 31 heavy (non-hydrogen) atoms. The molecule has 10 heteroatoms. The van der Waals surface area contributed by atoms with Gasteiger partial charge in [-0.15, -0.1) is 0 Å². The zero-order valence-electron chi connectivity index (χ0n) is 16.2. The smallest absolute Gasteiger partial charge is 0.338 e. The SMILES string of the molecule is NCc1cc(C(C(N)=O)N2c3c(C(=O)O)ccnc3NC2c2ccc(F)cc2)ccn1. The second-order valence-corrected chi connectivity index (χ2v) is 6.96. The van der Waals surface area contributed by atoms with E-state index < -0.39 is 29.9 Å². The normalized spacial score (nSPS) is 15.8. The molecule has 9 nitrogen and oxygen atoms in total. The molecular formula is C21H19FN6O3. The number of hydrogen-bond acceptors (Lipinski definition) is 7. The van der Waals surface area contributed by atoms with E-state index in [4.69, 9.17) is 11.5 Å². The number of nitrogens with zero attached hydrogens (tertiary/aromatic N) is 3. The molecule has 1 amide bonds. The van der Waals surface area contributed by atoms with Gasteiger partial charge in [0.15, 0.2) is 5.82 Å². The van der Waals surface area contributed by atoms with Gasteiger partial charge in [-0.05, 0) is 41.5 Å². The zero-order chi connectivity index (χ0) is 22.1. The van der Waals surface area contributed by atoms with Crippen molar-refractivity contribution < 1.29 is 19.1 Å². The van der Waals surface area contributed by atoms with Crippen molar-refractivity contribution in [1.29, 1.82) is 0 Å². The number of carboxylic acids is 1. The molecule has 0 saturated heterocycles. The maximum Gasteiger partial charge on any atom is 0.338 e. The predicted octanol–water partition coefficient (Wildman–Crippen LogP) is 1.93. The van der Waals surface area contributed by atoms with Crippen LogP contribution in [0.4, 0.5) is 15.9 Å². The van der Waals surface area contributed by atoms with Crippen LogP contribution in [0.15, 0.2) is 54.9 Å². The number of carbonyl (C=O) groups excluding carboxylic acids is 1. The van der Waals surface area contributed by atoms with Crippen LogP contribution >= 0.6 is 0 Å². The van der Waals surface area contributed by atoms with E-state index in [1.165, 1.54) is 30.6 Å². The minimum Gasteiger partial charge on any atom is -0.478 e. The van der Waals surface area contributed by atoms with Gasteiger partial charge in [-0.2, -0.15) is 0 Å². The van der Waals surface area contributed by atoms with Gasteiger partial charge in [-0.25, -0.2) is 14.2 Å². The van der Waals surface area contributed by atoms with Crippen molar-refractivity contribution in [1.82, 2.24) is 9.97 Å². The number of nitrogens with one attached hydrogen (secondary N) is 1. The van der Waals surface area contributed by atoms with Crippen molar-refractivity contribution in [3.05, 3.63) is 83.1 Å². The zero-order valence-corrected chi connectivity index (χ0v) is 16.2. The second-order valence-electron chi connectivity index (χ2n) is 6.96. The Balaban J connectivity index is 1.93. The predicted molar refractivity (Wildman–Crippen MR) is 111 cm³/mol. The lowest BCUT2D eigenvalue weighted by Gasteiger charge is -2.34. The van der Waals surface area contributed by atoms with Crippen LogP contribution < -0.4 is 21.7 Å². The van der Waals surface area contributed by atoms with E-state index in [0.717, 1.165) is 0 Å². The summed E-state index contributed by atoms with van der Waals surface area (Å²) in [5.41, 5.74) is 13.3. The summed E-state index contributed by atoms with van der Waals surface area (Å²) in [5.74, 6) is -2.06. The topological polar surface area (TPSA) is 147 Å². The maximum atomic E-state index is 13.5. The van der Waals surface area contributed by atoms with Crippen LogP contribution in [0.25, 0.3) is 0 Å². The number of carboxylic acid groups (broad SMARTS) is 1. The number of fused-ring (bicyclic) bond motifs is 1. The molecule has 1 aromatic carbocycles. The fourth-order valence-electron chi connectivity index (χ4n) is 3.73. The summed E-state index contributed by atoms with van der Waals surface area (Å²) in [6.45, 7) is 0.150. The van der Waals surface area contributed by atoms with Crippen LogP contribution in [0.5, 0.6) is 0 Å². The lowest BCUT2D eigenvalue weighted by molar-refractivity contribution is -0.119. The molecule has 2 unspecified atom stereocenters. The van der Waals surface area contributed by atoms with Gasteiger partial charge in [-0.3, -0.25) is 9.78 Å². The van der Waals surface area contributed by atoms with Crippen molar-refractivity contribution in [2.24, 2.45) is 11.5 Å². The Morgan fingerprint density at radius 1 is 1.16 bits per heavy atom. The summed E-state index contributed by atoms with van der Waals surface area (Å²) in [6.07, 6.45) is 2.14. The first-order valence-electron chi connectivity index (χ1n) is 9.37. The standard InChI is InChI=1S/C21H19FN6O3/c22-13-3-1-11(2-4-13)20-27-19-17(15(21(30)31)6-8-26-19)28(20)16(18(24)29)12-5-7-25-14(9-12)10-23/h1-9,16,20H,10,23H2,(H2,24,29)(H,26,27)(H,30,31). The molecule has 0 saturated carbocycles. The summed E-state index contributed by atoms with van der Waals surface area (Å²) in [7, 11) is 0. The van der Waals surface area contributed by atoms with E-state index in [1.54, 1.807) is 29.2 Å². The van der Waals surface area contributed by atoms with Gasteiger partial charge >= 0.3 is 5.97 Å². The van der Waals surface area contributed by atoms with Gasteiger partial charge < -0.3 is 26.8 Å². The minimum absolute atomic E-state index is 0.0542. The number of anilines is 2. The van der Waals surface area contributed by atoms with E-state index in [-0.39, 0.29) is 23.6 Å². The highest BCUT2D eigenvalue weighted by Crippen LogP contribution is 2.47. The first-order valence-corrected chi connectivity index (χ1v) is 9.37. The summed E-state index contributed by atoms with van der Waals surface area (Å²) in [4.78, 5) is 34.6. The van der Waals surface area contributed by atoms with Crippen molar-refractivity contribution in [2.75, 3.05) is 10.2 Å². The third-order valence-corrected chi connectivity index (χ3v) is 5.06. The van der Waals surface area contributed by atoms with Gasteiger partial charge in [0, 0.05) is 18.9 Å². The number of hydrogen-bond donors (Lipinski definition) is 4. The molecule has 2 atom stereocenters. The van der Waals surface area contributed by atoms with Gasteiger partial charge in [0.25, 0.3) is 0 Å². The highest BCUT2D eigenvalue weighted by Gasteiger charge is 2.41. The second kappa shape index (κ2) is 8.00. The number of rotatable bonds is 6. The number of carbonyl (C=O) groups is 2. The van der Waals surface area contributed by atoms with Crippen LogP contribution in [-0.2, 0) is 11.3 Å². The number of benzene rings is 1. The molecular weight excluding hydrogens is 403 g/mol. The van der Waals surface area contributed by atoms with E-state index in [0.29, 0.717) is 16.8 Å². The Morgan fingerprint density at radius 3 is 2.52 bits per heavy atom. The first-order chi connectivity index (χ1) is 14.9. The average molecular weight is 422 g/mol. The highest BCUT2D eigenvalue weighted by atomic mass is 19.1. The molecule has 3 heterocycles. The van der Waals surface area contributed by atoms with E-state index in [2.05, 4.69) is 15.3 Å². The first kappa shape index (κ1) is 20.2.